The molecule has 1 saturated carbocycles. The van der Waals surface area contributed by atoms with E-state index < -0.39 is 9.05 Å². The molecule has 0 aliphatic heterocycles. The second-order valence-electron chi connectivity index (χ2n) is 7.12. The van der Waals surface area contributed by atoms with E-state index in [9.17, 15) is 13.2 Å². The van der Waals surface area contributed by atoms with Crippen LogP contribution in [-0.4, -0.2) is 23.0 Å². The number of nitrogens with one attached hydrogen (secondary N) is 1. The molecule has 2 aromatic heterocycles. The van der Waals surface area contributed by atoms with E-state index in [4.69, 9.17) is 22.3 Å². The molecule has 0 spiro atoms. The van der Waals surface area contributed by atoms with Crippen molar-refractivity contribution in [1.29, 1.82) is 0 Å². The Morgan fingerprint density at radius 2 is 1.93 bits per heavy atom. The fraction of sp³-hybridized carbons (Fsp3) is 0.316. The van der Waals surface area contributed by atoms with Gasteiger partial charge < -0.3 is 5.32 Å². The van der Waals surface area contributed by atoms with Crippen LogP contribution < -0.4 is 10.9 Å². The lowest BCUT2D eigenvalue weighted by Gasteiger charge is -2.17. The number of rotatable bonds is 4. The highest BCUT2D eigenvalue weighted by Gasteiger charge is 2.22. The molecule has 29 heavy (non-hydrogen) atoms. The molecule has 1 aromatic carbocycles. The van der Waals surface area contributed by atoms with Crippen LogP contribution in [0.5, 0.6) is 0 Å². The third kappa shape index (κ3) is 3.97. The first kappa shape index (κ1) is 20.1. The molecule has 0 amide bonds. The molecular formula is C19H18Cl2N4O3S. The SMILES string of the molecule is Cc1cc(S(=O)(=O)Cl)ccc1Nc1ncc2cc(Cl)c(=O)n(C3CCCC3)c2n1. The van der Waals surface area contributed by atoms with Crippen LogP contribution in [0.25, 0.3) is 11.0 Å². The number of hydrogen-bond donors (Lipinski definition) is 1. The Morgan fingerprint density at radius 3 is 2.59 bits per heavy atom. The Hall–Kier alpha value is -2.16. The van der Waals surface area contributed by atoms with E-state index in [0.717, 1.165) is 25.7 Å². The lowest BCUT2D eigenvalue weighted by molar-refractivity contribution is 0.516. The number of hydrogen-bond acceptors (Lipinski definition) is 6. The van der Waals surface area contributed by atoms with Gasteiger partial charge in [-0.3, -0.25) is 9.36 Å². The zero-order chi connectivity index (χ0) is 20.8. The van der Waals surface area contributed by atoms with Crippen molar-refractivity contribution in [1.82, 2.24) is 14.5 Å². The Kier molecular flexibility index (Phi) is 5.27. The summed E-state index contributed by atoms with van der Waals surface area (Å²) in [4.78, 5) is 21.6. The fourth-order valence-corrected chi connectivity index (χ4v) is 4.74. The highest BCUT2D eigenvalue weighted by Crippen LogP contribution is 2.31. The standard InChI is InChI=1S/C19H18Cl2N4O3S/c1-11-8-14(29(21,27)28)6-7-16(11)23-19-22-10-12-9-15(20)18(26)25(17(12)24-19)13-4-2-3-5-13/h6-10,13H,2-5H2,1H3,(H,22,23,24). The minimum Gasteiger partial charge on any atom is -0.324 e. The first-order chi connectivity index (χ1) is 13.7. The van der Waals surface area contributed by atoms with E-state index in [-0.39, 0.29) is 21.5 Å². The number of aryl methyl sites for hydroxylation is 1. The fourth-order valence-electron chi connectivity index (χ4n) is 3.70. The molecule has 1 aliphatic rings. The molecule has 1 aliphatic carbocycles. The molecule has 152 valence electrons. The normalized spacial score (nSPS) is 15.1. The molecule has 1 fully saturated rings. The summed E-state index contributed by atoms with van der Waals surface area (Å²) in [6, 6.07) is 6.14. The van der Waals surface area contributed by atoms with Crippen LogP contribution >= 0.6 is 22.3 Å². The molecule has 0 saturated heterocycles. The zero-order valence-electron chi connectivity index (χ0n) is 15.5. The van der Waals surface area contributed by atoms with Crippen molar-refractivity contribution in [3.8, 4) is 0 Å². The number of benzene rings is 1. The second kappa shape index (κ2) is 7.59. The summed E-state index contributed by atoms with van der Waals surface area (Å²) < 4.78 is 24.7. The Balaban J connectivity index is 1.77. The third-order valence-corrected chi connectivity index (χ3v) is 6.77. The quantitative estimate of drug-likeness (QED) is 0.583. The summed E-state index contributed by atoms with van der Waals surface area (Å²) in [5.74, 6) is 0.301. The van der Waals surface area contributed by atoms with Gasteiger partial charge in [0, 0.05) is 34.0 Å². The van der Waals surface area contributed by atoms with E-state index >= 15 is 0 Å². The van der Waals surface area contributed by atoms with Crippen molar-refractivity contribution in [2.75, 3.05) is 5.32 Å². The van der Waals surface area contributed by atoms with Crippen molar-refractivity contribution in [2.45, 2.75) is 43.5 Å². The van der Waals surface area contributed by atoms with Gasteiger partial charge in [0.25, 0.3) is 14.6 Å². The molecule has 10 heteroatoms. The van der Waals surface area contributed by atoms with Crippen molar-refractivity contribution >= 4 is 54.0 Å². The zero-order valence-corrected chi connectivity index (χ0v) is 17.9. The number of aromatic nitrogens is 3. The van der Waals surface area contributed by atoms with Crippen molar-refractivity contribution in [3.05, 3.63) is 51.4 Å². The van der Waals surface area contributed by atoms with Gasteiger partial charge in [-0.15, -0.1) is 0 Å². The van der Waals surface area contributed by atoms with Crippen LogP contribution in [0.2, 0.25) is 5.02 Å². The van der Waals surface area contributed by atoms with Crippen molar-refractivity contribution in [2.24, 2.45) is 0 Å². The van der Waals surface area contributed by atoms with E-state index in [1.165, 1.54) is 12.1 Å². The van der Waals surface area contributed by atoms with E-state index in [2.05, 4.69) is 15.3 Å². The summed E-state index contributed by atoms with van der Waals surface area (Å²) >= 11 is 6.15. The minimum absolute atomic E-state index is 0.0198. The largest absolute Gasteiger partial charge is 0.324 e. The average molecular weight is 453 g/mol. The maximum Gasteiger partial charge on any atom is 0.271 e. The molecule has 0 unspecified atom stereocenters. The minimum atomic E-state index is -3.81. The van der Waals surface area contributed by atoms with Crippen LogP contribution in [0.15, 0.2) is 40.2 Å². The highest BCUT2D eigenvalue weighted by molar-refractivity contribution is 8.13. The van der Waals surface area contributed by atoms with E-state index in [0.29, 0.717) is 28.2 Å². The van der Waals surface area contributed by atoms with E-state index in [1.807, 2.05) is 0 Å². The van der Waals surface area contributed by atoms with Gasteiger partial charge in [-0.2, -0.15) is 4.98 Å². The predicted molar refractivity (Wildman–Crippen MR) is 114 cm³/mol. The number of nitrogens with zero attached hydrogens (tertiary/aromatic N) is 3. The maximum atomic E-state index is 12.7. The summed E-state index contributed by atoms with van der Waals surface area (Å²) in [7, 11) is 1.59. The summed E-state index contributed by atoms with van der Waals surface area (Å²) in [5, 5.41) is 3.93. The summed E-state index contributed by atoms with van der Waals surface area (Å²) in [6.07, 6.45) is 5.58. The predicted octanol–water partition coefficient (Wildman–Crippen LogP) is 4.54. The lowest BCUT2D eigenvalue weighted by Crippen LogP contribution is -2.25. The highest BCUT2D eigenvalue weighted by atomic mass is 35.7. The van der Waals surface area contributed by atoms with Gasteiger partial charge in [0.2, 0.25) is 5.95 Å². The van der Waals surface area contributed by atoms with Crippen LogP contribution in [0.3, 0.4) is 0 Å². The number of halogens is 2. The molecule has 7 nitrogen and oxygen atoms in total. The molecule has 4 rings (SSSR count). The molecular weight excluding hydrogens is 435 g/mol. The van der Waals surface area contributed by atoms with Gasteiger partial charge in [0.1, 0.15) is 10.7 Å². The van der Waals surface area contributed by atoms with Gasteiger partial charge in [-0.05, 0) is 49.6 Å². The summed E-state index contributed by atoms with van der Waals surface area (Å²) in [5.41, 5.74) is 1.59. The number of pyridine rings is 1. The Bertz CT molecular complexity index is 1270. The van der Waals surface area contributed by atoms with Crippen LogP contribution in [0, 0.1) is 6.92 Å². The molecule has 3 aromatic rings. The Labute approximate surface area is 177 Å². The smallest absolute Gasteiger partial charge is 0.271 e. The first-order valence-corrected chi connectivity index (χ1v) is 11.8. The maximum absolute atomic E-state index is 12.7. The topological polar surface area (TPSA) is 94.0 Å². The van der Waals surface area contributed by atoms with Crippen molar-refractivity contribution in [3.63, 3.8) is 0 Å². The van der Waals surface area contributed by atoms with Crippen LogP contribution in [0.4, 0.5) is 11.6 Å². The van der Waals surface area contributed by atoms with Gasteiger partial charge in [-0.1, -0.05) is 24.4 Å². The van der Waals surface area contributed by atoms with Gasteiger partial charge >= 0.3 is 0 Å². The van der Waals surface area contributed by atoms with E-state index in [1.54, 1.807) is 29.8 Å². The molecule has 0 atom stereocenters. The molecule has 1 N–H and O–H groups in total. The summed E-state index contributed by atoms with van der Waals surface area (Å²) in [6.45, 7) is 1.75. The van der Waals surface area contributed by atoms with Gasteiger partial charge in [0.05, 0.1) is 4.90 Å². The third-order valence-electron chi connectivity index (χ3n) is 5.15. The second-order valence-corrected chi connectivity index (χ2v) is 10.1. The molecule has 0 bridgehead atoms. The lowest BCUT2D eigenvalue weighted by atomic mass is 10.2. The van der Waals surface area contributed by atoms with Crippen LogP contribution in [-0.2, 0) is 9.05 Å². The van der Waals surface area contributed by atoms with Crippen molar-refractivity contribution < 1.29 is 8.42 Å². The monoisotopic (exact) mass is 452 g/mol. The number of fused-ring (bicyclic) bond motifs is 1. The Morgan fingerprint density at radius 1 is 1.21 bits per heavy atom. The van der Waals surface area contributed by atoms with Crippen LogP contribution in [0.1, 0.15) is 37.3 Å². The molecule has 2 heterocycles. The first-order valence-electron chi connectivity index (χ1n) is 9.14. The van der Waals surface area contributed by atoms with Gasteiger partial charge in [-0.25, -0.2) is 13.4 Å². The average Bonchev–Trinajstić information content (AvgIpc) is 3.18. The number of anilines is 2. The van der Waals surface area contributed by atoms with Gasteiger partial charge in [0.15, 0.2) is 0 Å². The molecule has 0 radical (unpaired) electrons.